The molecule has 100 valence electrons. The zero-order valence-corrected chi connectivity index (χ0v) is 11.8. The Hall–Kier alpha value is -1.74. The lowest BCUT2D eigenvalue weighted by Gasteiger charge is -2.08. The van der Waals surface area contributed by atoms with Gasteiger partial charge >= 0.3 is 0 Å². The molecule has 0 atom stereocenters. The summed E-state index contributed by atoms with van der Waals surface area (Å²) in [7, 11) is 0. The van der Waals surface area contributed by atoms with Gasteiger partial charge in [0, 0.05) is 17.6 Å². The van der Waals surface area contributed by atoms with Crippen molar-refractivity contribution in [3.63, 3.8) is 0 Å². The van der Waals surface area contributed by atoms with Crippen molar-refractivity contribution >= 4 is 11.6 Å². The van der Waals surface area contributed by atoms with Crippen molar-refractivity contribution in [3.8, 4) is 17.4 Å². The molecule has 0 aliphatic carbocycles. The molecule has 0 N–H and O–H groups in total. The van der Waals surface area contributed by atoms with Crippen molar-refractivity contribution < 1.29 is 9.47 Å². The lowest BCUT2D eigenvalue weighted by molar-refractivity contribution is 0.339. The number of aryl methyl sites for hydroxylation is 1. The van der Waals surface area contributed by atoms with Crippen molar-refractivity contribution in [3.05, 3.63) is 47.7 Å². The maximum atomic E-state index is 5.80. The van der Waals surface area contributed by atoms with Gasteiger partial charge in [-0.05, 0) is 43.7 Å². The highest BCUT2D eigenvalue weighted by Gasteiger charge is 2.03. The number of hydrogen-bond acceptors (Lipinski definition) is 3. The quantitative estimate of drug-likeness (QED) is 0.763. The second kappa shape index (κ2) is 6.43. The minimum atomic E-state index is 0.460. The Bertz CT molecular complexity index is 540. The molecule has 1 heterocycles. The van der Waals surface area contributed by atoms with E-state index >= 15 is 0 Å². The number of pyridine rings is 1. The number of halogens is 1. The Morgan fingerprint density at radius 2 is 1.74 bits per heavy atom. The molecule has 0 saturated heterocycles. The second-order valence-electron chi connectivity index (χ2n) is 4.03. The number of alkyl halides is 1. The molecule has 0 aliphatic heterocycles. The molecule has 0 bridgehead atoms. The molecule has 0 saturated carbocycles. The van der Waals surface area contributed by atoms with Gasteiger partial charge in [-0.2, -0.15) is 0 Å². The van der Waals surface area contributed by atoms with Gasteiger partial charge in [0.05, 0.1) is 6.61 Å². The van der Waals surface area contributed by atoms with E-state index in [1.165, 1.54) is 0 Å². The number of rotatable bonds is 5. The van der Waals surface area contributed by atoms with E-state index in [1.807, 2.05) is 50.2 Å². The van der Waals surface area contributed by atoms with Crippen LogP contribution in [0.2, 0.25) is 0 Å². The Morgan fingerprint density at radius 3 is 2.32 bits per heavy atom. The van der Waals surface area contributed by atoms with Crippen LogP contribution in [0.25, 0.3) is 0 Å². The van der Waals surface area contributed by atoms with Crippen LogP contribution in [0, 0.1) is 6.92 Å². The van der Waals surface area contributed by atoms with Crippen molar-refractivity contribution in [2.24, 2.45) is 0 Å². The molecule has 0 amide bonds. The summed E-state index contributed by atoms with van der Waals surface area (Å²) in [6.07, 6.45) is 0. The van der Waals surface area contributed by atoms with Crippen LogP contribution in [0.5, 0.6) is 17.4 Å². The Balaban J connectivity index is 2.10. The van der Waals surface area contributed by atoms with E-state index in [2.05, 4.69) is 4.98 Å². The van der Waals surface area contributed by atoms with E-state index in [0.717, 1.165) is 22.8 Å². The molecule has 19 heavy (non-hydrogen) atoms. The number of hydrogen-bond donors (Lipinski definition) is 0. The minimum Gasteiger partial charge on any atom is -0.494 e. The molecule has 0 spiro atoms. The van der Waals surface area contributed by atoms with Crippen LogP contribution in [0.3, 0.4) is 0 Å². The van der Waals surface area contributed by atoms with Gasteiger partial charge < -0.3 is 9.47 Å². The average Bonchev–Trinajstić information content (AvgIpc) is 2.42. The van der Waals surface area contributed by atoms with Gasteiger partial charge in [0.15, 0.2) is 0 Å². The van der Waals surface area contributed by atoms with Gasteiger partial charge in [0.2, 0.25) is 5.88 Å². The first-order valence-electron chi connectivity index (χ1n) is 6.16. The third-order valence-corrected chi connectivity index (χ3v) is 2.96. The fraction of sp³-hybridized carbons (Fsp3) is 0.267. The molecule has 0 radical (unpaired) electrons. The van der Waals surface area contributed by atoms with Crippen molar-refractivity contribution in [2.75, 3.05) is 6.61 Å². The van der Waals surface area contributed by atoms with Crippen molar-refractivity contribution in [2.45, 2.75) is 19.7 Å². The first kappa shape index (κ1) is 13.7. The van der Waals surface area contributed by atoms with Crippen LogP contribution in [-0.4, -0.2) is 11.6 Å². The van der Waals surface area contributed by atoms with Gasteiger partial charge in [-0.15, -0.1) is 11.6 Å². The molecular formula is C15H16ClNO2. The predicted molar refractivity (Wildman–Crippen MR) is 76.2 cm³/mol. The molecule has 2 aromatic rings. The van der Waals surface area contributed by atoms with Crippen molar-refractivity contribution in [1.29, 1.82) is 0 Å². The summed E-state index contributed by atoms with van der Waals surface area (Å²) in [5.74, 6) is 2.59. The van der Waals surface area contributed by atoms with Gasteiger partial charge in [0.25, 0.3) is 0 Å². The SMILES string of the molecule is CCOc1ccc(Oc2ccc(CCl)c(C)n2)cc1. The molecule has 4 heteroatoms. The normalized spacial score (nSPS) is 10.3. The highest BCUT2D eigenvalue weighted by Crippen LogP contribution is 2.23. The van der Waals surface area contributed by atoms with Gasteiger partial charge in [-0.1, -0.05) is 6.07 Å². The summed E-state index contributed by atoms with van der Waals surface area (Å²) in [6, 6.07) is 11.2. The Morgan fingerprint density at radius 1 is 1.05 bits per heavy atom. The van der Waals surface area contributed by atoms with Crippen LogP contribution >= 0.6 is 11.6 Å². The lowest BCUT2D eigenvalue weighted by Crippen LogP contribution is -1.94. The fourth-order valence-electron chi connectivity index (χ4n) is 1.66. The molecule has 3 nitrogen and oxygen atoms in total. The molecule has 0 unspecified atom stereocenters. The maximum absolute atomic E-state index is 5.80. The molecule has 0 aliphatic rings. The van der Waals surface area contributed by atoms with Crippen LogP contribution in [0.4, 0.5) is 0 Å². The molecular weight excluding hydrogens is 262 g/mol. The van der Waals surface area contributed by atoms with Gasteiger partial charge in [-0.3, -0.25) is 0 Å². The Labute approximate surface area is 118 Å². The molecule has 2 rings (SSSR count). The number of nitrogens with zero attached hydrogens (tertiary/aromatic N) is 1. The summed E-state index contributed by atoms with van der Waals surface area (Å²) in [5, 5.41) is 0. The monoisotopic (exact) mass is 277 g/mol. The topological polar surface area (TPSA) is 31.4 Å². The van der Waals surface area contributed by atoms with Crippen LogP contribution in [0.1, 0.15) is 18.2 Å². The summed E-state index contributed by atoms with van der Waals surface area (Å²) >= 11 is 5.80. The number of aromatic nitrogens is 1. The van der Waals surface area contributed by atoms with Crippen LogP contribution in [0.15, 0.2) is 36.4 Å². The summed E-state index contributed by atoms with van der Waals surface area (Å²) in [4.78, 5) is 4.36. The number of benzene rings is 1. The smallest absolute Gasteiger partial charge is 0.219 e. The summed E-state index contributed by atoms with van der Waals surface area (Å²) in [6.45, 7) is 4.53. The highest BCUT2D eigenvalue weighted by molar-refractivity contribution is 6.17. The van der Waals surface area contributed by atoms with E-state index in [4.69, 9.17) is 21.1 Å². The zero-order chi connectivity index (χ0) is 13.7. The van der Waals surface area contributed by atoms with Crippen molar-refractivity contribution in [1.82, 2.24) is 4.98 Å². The first-order chi connectivity index (χ1) is 9.22. The largest absolute Gasteiger partial charge is 0.494 e. The van der Waals surface area contributed by atoms with E-state index in [-0.39, 0.29) is 0 Å². The summed E-state index contributed by atoms with van der Waals surface area (Å²) < 4.78 is 11.1. The third kappa shape index (κ3) is 3.61. The van der Waals surface area contributed by atoms with Gasteiger partial charge in [-0.25, -0.2) is 4.98 Å². The minimum absolute atomic E-state index is 0.460. The number of ether oxygens (including phenoxy) is 2. The highest BCUT2D eigenvalue weighted by atomic mass is 35.5. The second-order valence-corrected chi connectivity index (χ2v) is 4.30. The standard InChI is InChI=1S/C15H16ClNO2/c1-3-18-13-5-7-14(8-6-13)19-15-9-4-12(10-16)11(2)17-15/h4-9H,3,10H2,1-2H3. The molecule has 1 aromatic heterocycles. The summed E-state index contributed by atoms with van der Waals surface area (Å²) in [5.41, 5.74) is 1.90. The van der Waals surface area contributed by atoms with Crippen LogP contribution in [-0.2, 0) is 5.88 Å². The average molecular weight is 278 g/mol. The molecule has 1 aromatic carbocycles. The van der Waals surface area contributed by atoms with E-state index in [1.54, 1.807) is 0 Å². The Kier molecular flexibility index (Phi) is 4.63. The maximum Gasteiger partial charge on any atom is 0.219 e. The fourth-order valence-corrected chi connectivity index (χ4v) is 1.94. The van der Waals surface area contributed by atoms with E-state index in [0.29, 0.717) is 18.4 Å². The third-order valence-electron chi connectivity index (χ3n) is 2.67. The van der Waals surface area contributed by atoms with E-state index in [9.17, 15) is 0 Å². The zero-order valence-electron chi connectivity index (χ0n) is 11.0. The van der Waals surface area contributed by atoms with Crippen LogP contribution < -0.4 is 9.47 Å². The van der Waals surface area contributed by atoms with E-state index < -0.39 is 0 Å². The predicted octanol–water partition coefficient (Wildman–Crippen LogP) is 4.32. The first-order valence-corrected chi connectivity index (χ1v) is 6.69. The lowest BCUT2D eigenvalue weighted by atomic mass is 10.2. The van der Waals surface area contributed by atoms with Gasteiger partial charge in [0.1, 0.15) is 11.5 Å². The molecule has 0 fully saturated rings.